The molecule has 0 aliphatic carbocycles. The van der Waals surface area contributed by atoms with Crippen molar-refractivity contribution in [2.45, 2.75) is 103 Å². The molecule has 0 bridgehead atoms. The molecule has 2 rings (SSSR count). The van der Waals surface area contributed by atoms with Gasteiger partial charge in [-0.2, -0.15) is 0 Å². The summed E-state index contributed by atoms with van der Waals surface area (Å²) in [7, 11) is 0. The van der Waals surface area contributed by atoms with Crippen molar-refractivity contribution in [3.63, 3.8) is 0 Å². The fourth-order valence-corrected chi connectivity index (χ4v) is 4.54. The molecule has 0 unspecified atom stereocenters. The van der Waals surface area contributed by atoms with Crippen LogP contribution in [0, 0.1) is 0 Å². The van der Waals surface area contributed by atoms with Crippen LogP contribution in [0.15, 0.2) is 15.8 Å². The lowest BCUT2D eigenvalue weighted by Gasteiger charge is -2.15. The van der Waals surface area contributed by atoms with E-state index in [0.29, 0.717) is 23.0 Å². The van der Waals surface area contributed by atoms with Crippen molar-refractivity contribution in [3.05, 3.63) is 32.6 Å². The Morgan fingerprint density at radius 1 is 1.13 bits per heavy atom. The van der Waals surface area contributed by atoms with Gasteiger partial charge >= 0.3 is 5.69 Å². The van der Waals surface area contributed by atoms with Crippen LogP contribution >= 0.6 is 22.6 Å². The Labute approximate surface area is 192 Å². The Morgan fingerprint density at radius 2 is 1.77 bits per heavy atom. The number of aliphatic hydroxyl groups is 1. The van der Waals surface area contributed by atoms with Crippen molar-refractivity contribution in [2.24, 2.45) is 0 Å². The maximum absolute atomic E-state index is 12.2. The van der Waals surface area contributed by atoms with Crippen molar-refractivity contribution < 1.29 is 14.6 Å². The third-order valence-electron chi connectivity index (χ3n) is 5.61. The number of H-pyrrole nitrogens is 1. The summed E-state index contributed by atoms with van der Waals surface area (Å²) in [5, 5.41) is 10.0. The normalized spacial score (nSPS) is 21.4. The van der Waals surface area contributed by atoms with Crippen molar-refractivity contribution in [1.82, 2.24) is 9.55 Å². The Kier molecular flexibility index (Phi) is 12.2. The van der Waals surface area contributed by atoms with E-state index in [9.17, 15) is 14.7 Å². The fourth-order valence-electron chi connectivity index (χ4n) is 3.74. The molecule has 1 aromatic rings. The average Bonchev–Trinajstić information content (AvgIpc) is 3.10. The lowest BCUT2D eigenvalue weighted by atomic mass is 10.1. The van der Waals surface area contributed by atoms with Gasteiger partial charge in [0, 0.05) is 23.7 Å². The molecule has 0 amide bonds. The van der Waals surface area contributed by atoms with Gasteiger partial charge in [0.2, 0.25) is 0 Å². The molecule has 0 saturated carbocycles. The molecule has 1 saturated heterocycles. The Balaban J connectivity index is 1.67. The van der Waals surface area contributed by atoms with Gasteiger partial charge in [0.05, 0.1) is 24.4 Å². The summed E-state index contributed by atoms with van der Waals surface area (Å²) < 4.78 is 13.4. The number of ether oxygens (including phenoxy) is 2. The number of aromatic nitrogens is 2. The first kappa shape index (κ1) is 25.5. The molecule has 0 spiro atoms. The zero-order chi connectivity index (χ0) is 21.8. The number of rotatable bonds is 15. The van der Waals surface area contributed by atoms with Gasteiger partial charge in [-0.1, -0.05) is 87.3 Å². The van der Waals surface area contributed by atoms with E-state index in [0.717, 1.165) is 12.8 Å². The molecule has 2 N–H and O–H groups in total. The highest BCUT2D eigenvalue weighted by Crippen LogP contribution is 2.28. The van der Waals surface area contributed by atoms with E-state index in [1.807, 2.05) is 0 Å². The summed E-state index contributed by atoms with van der Waals surface area (Å²) in [4.78, 5) is 26.6. The number of hydrogen-bond acceptors (Lipinski definition) is 5. The van der Waals surface area contributed by atoms with Gasteiger partial charge < -0.3 is 14.6 Å². The van der Waals surface area contributed by atoms with E-state index < -0.39 is 23.6 Å². The van der Waals surface area contributed by atoms with Gasteiger partial charge in [-0.25, -0.2) is 4.79 Å². The van der Waals surface area contributed by atoms with Gasteiger partial charge in [0.1, 0.15) is 6.23 Å². The summed E-state index contributed by atoms with van der Waals surface area (Å²) in [6.07, 6.45) is 13.0. The van der Waals surface area contributed by atoms with E-state index in [2.05, 4.69) is 34.5 Å². The molecule has 172 valence electrons. The fraction of sp³-hybridized carbons (Fsp3) is 0.818. The quantitative estimate of drug-likeness (QED) is 0.200. The molecule has 1 fully saturated rings. The minimum absolute atomic E-state index is 0.165. The highest BCUT2D eigenvalue weighted by atomic mass is 127. The molecule has 30 heavy (non-hydrogen) atoms. The number of nitrogens with one attached hydrogen (secondary N) is 1. The number of aliphatic hydroxyl groups excluding tert-OH is 1. The first-order chi connectivity index (χ1) is 14.6. The second-order valence-electron chi connectivity index (χ2n) is 8.14. The summed E-state index contributed by atoms with van der Waals surface area (Å²) in [5.74, 6) is 0. The van der Waals surface area contributed by atoms with Crippen LogP contribution in [0.3, 0.4) is 0 Å². The second-order valence-corrected chi connectivity index (χ2v) is 9.02. The zero-order valence-corrected chi connectivity index (χ0v) is 20.3. The highest BCUT2D eigenvalue weighted by Gasteiger charge is 2.34. The average molecular weight is 536 g/mol. The number of nitrogens with zero attached hydrogens (tertiary/aromatic N) is 1. The zero-order valence-electron chi connectivity index (χ0n) is 18.1. The van der Waals surface area contributed by atoms with Crippen LogP contribution in [-0.4, -0.2) is 37.9 Å². The second kappa shape index (κ2) is 14.4. The maximum atomic E-state index is 12.2. The van der Waals surface area contributed by atoms with Crippen LogP contribution in [0.2, 0.25) is 0 Å². The predicted molar refractivity (Wildman–Crippen MR) is 126 cm³/mol. The number of aromatic amines is 1. The molecule has 0 radical (unpaired) electrons. The third-order valence-corrected chi connectivity index (χ3v) is 6.48. The monoisotopic (exact) mass is 536 g/mol. The van der Waals surface area contributed by atoms with Crippen molar-refractivity contribution in [2.75, 3.05) is 11.0 Å². The predicted octanol–water partition coefficient (Wildman–Crippen LogP) is 4.06. The van der Waals surface area contributed by atoms with Gasteiger partial charge in [-0.3, -0.25) is 14.3 Å². The molecular weight excluding hydrogens is 499 g/mol. The van der Waals surface area contributed by atoms with Crippen LogP contribution in [0.4, 0.5) is 0 Å². The number of alkyl halides is 1. The molecule has 3 atom stereocenters. The number of hydrogen-bond donors (Lipinski definition) is 2. The van der Waals surface area contributed by atoms with Crippen LogP contribution in [0.25, 0.3) is 0 Å². The van der Waals surface area contributed by atoms with Crippen molar-refractivity contribution >= 4 is 22.6 Å². The van der Waals surface area contributed by atoms with Crippen LogP contribution in [0.1, 0.15) is 89.3 Å². The van der Waals surface area contributed by atoms with Crippen molar-refractivity contribution in [3.8, 4) is 0 Å². The smallest absolute Gasteiger partial charge is 0.330 e. The van der Waals surface area contributed by atoms with Gasteiger partial charge in [0.15, 0.2) is 0 Å². The Bertz CT molecular complexity index is 720. The summed E-state index contributed by atoms with van der Waals surface area (Å²) in [5.41, 5.74) is -0.550. The van der Waals surface area contributed by atoms with Crippen LogP contribution in [0.5, 0.6) is 0 Å². The largest absolute Gasteiger partial charge is 0.390 e. The summed E-state index contributed by atoms with van der Waals surface area (Å²) in [6, 6.07) is 0. The molecule has 0 aromatic carbocycles. The standard InChI is InChI=1S/C22H37IN2O5/c1-2-3-4-5-6-7-8-9-10-11-12-29-16-17-15-25(22(28)24-21(17)27)20-13-18(26)19(14-23)30-20/h15,18-20,26H,2-14,16H2,1H3,(H,24,27,28)/t18-,19+,20+/m0/s1. The summed E-state index contributed by atoms with van der Waals surface area (Å²) >= 11 is 2.15. The topological polar surface area (TPSA) is 93.6 Å². The first-order valence-electron chi connectivity index (χ1n) is 11.4. The molecule has 1 aliphatic heterocycles. The molecule has 1 aromatic heterocycles. The first-order valence-corrected chi connectivity index (χ1v) is 12.9. The minimum atomic E-state index is -0.609. The third kappa shape index (κ3) is 8.43. The van der Waals surface area contributed by atoms with Gasteiger partial charge in [0.25, 0.3) is 5.56 Å². The van der Waals surface area contributed by atoms with E-state index in [-0.39, 0.29) is 12.7 Å². The Hall–Kier alpha value is -0.710. The van der Waals surface area contributed by atoms with E-state index in [1.165, 1.54) is 62.1 Å². The lowest BCUT2D eigenvalue weighted by Crippen LogP contribution is -2.34. The van der Waals surface area contributed by atoms with Crippen LogP contribution < -0.4 is 11.2 Å². The van der Waals surface area contributed by atoms with E-state index >= 15 is 0 Å². The van der Waals surface area contributed by atoms with E-state index in [1.54, 1.807) is 0 Å². The molecule has 7 nitrogen and oxygen atoms in total. The lowest BCUT2D eigenvalue weighted by molar-refractivity contribution is -0.00648. The molecule has 1 aliphatic rings. The number of halogens is 1. The van der Waals surface area contributed by atoms with E-state index in [4.69, 9.17) is 9.47 Å². The van der Waals surface area contributed by atoms with Crippen LogP contribution in [-0.2, 0) is 16.1 Å². The summed E-state index contributed by atoms with van der Waals surface area (Å²) in [6.45, 7) is 3.01. The molecular formula is C22H37IN2O5. The Morgan fingerprint density at radius 3 is 2.37 bits per heavy atom. The molecule has 8 heteroatoms. The maximum Gasteiger partial charge on any atom is 0.330 e. The van der Waals surface area contributed by atoms with Crippen molar-refractivity contribution in [1.29, 1.82) is 0 Å². The SMILES string of the molecule is CCCCCCCCCCCCOCc1cn([C@H]2C[C@H](O)[C@@H](CI)O2)c(=O)[nH]c1=O. The van der Waals surface area contributed by atoms with Gasteiger partial charge in [-0.15, -0.1) is 0 Å². The molecule has 2 heterocycles. The highest BCUT2D eigenvalue weighted by molar-refractivity contribution is 14.1. The number of unbranched alkanes of at least 4 members (excludes halogenated alkanes) is 9. The minimum Gasteiger partial charge on any atom is -0.390 e. The van der Waals surface area contributed by atoms with Gasteiger partial charge in [-0.05, 0) is 6.42 Å².